The highest BCUT2D eigenvalue weighted by molar-refractivity contribution is 5.36. The second kappa shape index (κ2) is 6.92. The number of hydrogen-bond acceptors (Lipinski definition) is 3. The van der Waals surface area contributed by atoms with Crippen molar-refractivity contribution in [2.24, 2.45) is 0 Å². The van der Waals surface area contributed by atoms with Crippen molar-refractivity contribution in [2.45, 2.75) is 25.9 Å². The zero-order chi connectivity index (χ0) is 15.2. The van der Waals surface area contributed by atoms with Crippen molar-refractivity contribution in [3.63, 3.8) is 0 Å². The van der Waals surface area contributed by atoms with Crippen LogP contribution in [-0.4, -0.2) is 11.7 Å². The van der Waals surface area contributed by atoms with Crippen LogP contribution < -0.4 is 4.74 Å². The molecule has 0 aliphatic heterocycles. The lowest BCUT2D eigenvalue weighted by Gasteiger charge is -2.16. The van der Waals surface area contributed by atoms with Crippen LogP contribution in [0.2, 0.25) is 0 Å². The molecule has 0 saturated carbocycles. The smallest absolute Gasteiger partial charge is 0.122 e. The Bertz CT molecular complexity index is 626. The average Bonchev–Trinajstić information content (AvgIpc) is 2.52. The number of benzene rings is 2. The Labute approximate surface area is 125 Å². The molecule has 0 aliphatic rings. The minimum atomic E-state index is -0.710. The van der Waals surface area contributed by atoms with Crippen molar-refractivity contribution in [1.29, 1.82) is 5.26 Å². The second-order valence-corrected chi connectivity index (χ2v) is 5.25. The van der Waals surface area contributed by atoms with E-state index in [1.807, 2.05) is 24.3 Å². The van der Waals surface area contributed by atoms with Crippen molar-refractivity contribution in [3.05, 3.63) is 65.2 Å². The second-order valence-electron chi connectivity index (χ2n) is 5.25. The first-order valence-corrected chi connectivity index (χ1v) is 7.01. The number of ether oxygens (including phenoxy) is 1. The summed E-state index contributed by atoms with van der Waals surface area (Å²) in [5.41, 5.74) is 2.46. The van der Waals surface area contributed by atoms with Gasteiger partial charge in [-0.3, -0.25) is 0 Å². The van der Waals surface area contributed by atoms with Gasteiger partial charge in [0, 0.05) is 0 Å². The summed E-state index contributed by atoms with van der Waals surface area (Å²) in [6.07, 6.45) is -0.710. The van der Waals surface area contributed by atoms with Gasteiger partial charge in [-0.05, 0) is 35.2 Å². The van der Waals surface area contributed by atoms with Crippen LogP contribution in [0.3, 0.4) is 0 Å². The zero-order valence-electron chi connectivity index (χ0n) is 12.3. The Kier molecular flexibility index (Phi) is 4.97. The predicted molar refractivity (Wildman–Crippen MR) is 82.1 cm³/mol. The average molecular weight is 281 g/mol. The molecule has 1 N–H and O–H groups in total. The summed E-state index contributed by atoms with van der Waals surface area (Å²) in [5.74, 6) is 1.17. The fourth-order valence-electron chi connectivity index (χ4n) is 2.13. The van der Waals surface area contributed by atoms with E-state index in [9.17, 15) is 5.11 Å². The monoisotopic (exact) mass is 281 g/mol. The van der Waals surface area contributed by atoms with Gasteiger partial charge in [-0.15, -0.1) is 0 Å². The summed E-state index contributed by atoms with van der Waals surface area (Å²) in [6, 6.07) is 16.8. The Morgan fingerprint density at radius 2 is 1.76 bits per heavy atom. The van der Waals surface area contributed by atoms with E-state index < -0.39 is 6.10 Å². The first-order chi connectivity index (χ1) is 10.1. The van der Waals surface area contributed by atoms with Crippen LogP contribution in [0.4, 0.5) is 0 Å². The van der Waals surface area contributed by atoms with Crippen LogP contribution in [0.15, 0.2) is 48.5 Å². The van der Waals surface area contributed by atoms with Crippen molar-refractivity contribution >= 4 is 0 Å². The lowest BCUT2D eigenvalue weighted by molar-refractivity contribution is 0.107. The van der Waals surface area contributed by atoms with Crippen LogP contribution >= 0.6 is 0 Å². The van der Waals surface area contributed by atoms with E-state index in [2.05, 4.69) is 19.9 Å². The summed E-state index contributed by atoms with van der Waals surface area (Å²) in [6.45, 7) is 4.41. The standard InChI is InChI=1S/C18H19NO2/c1-13(2)16-5-3-4-6-18(16)21-12-17(20)15-9-7-14(11-19)8-10-15/h3-10,13,17,20H,12H2,1-2H3. The van der Waals surface area contributed by atoms with E-state index >= 15 is 0 Å². The molecule has 21 heavy (non-hydrogen) atoms. The molecule has 0 bridgehead atoms. The Hall–Kier alpha value is -2.31. The third-order valence-corrected chi connectivity index (χ3v) is 3.36. The minimum Gasteiger partial charge on any atom is -0.490 e. The first kappa shape index (κ1) is 15.1. The predicted octanol–water partition coefficient (Wildman–Crippen LogP) is 3.79. The zero-order valence-corrected chi connectivity index (χ0v) is 12.3. The lowest BCUT2D eigenvalue weighted by atomic mass is 10.0. The molecular weight excluding hydrogens is 262 g/mol. The molecule has 0 radical (unpaired) electrons. The molecule has 2 aromatic carbocycles. The molecular formula is C18H19NO2. The molecule has 2 aromatic rings. The van der Waals surface area contributed by atoms with Gasteiger partial charge < -0.3 is 9.84 Å². The van der Waals surface area contributed by atoms with Crippen LogP contribution in [-0.2, 0) is 0 Å². The molecule has 3 heteroatoms. The number of aliphatic hydroxyl groups excluding tert-OH is 1. The van der Waals surface area contributed by atoms with Gasteiger partial charge in [-0.25, -0.2) is 0 Å². The van der Waals surface area contributed by atoms with Crippen LogP contribution in [0, 0.1) is 11.3 Å². The van der Waals surface area contributed by atoms with Crippen molar-refractivity contribution in [1.82, 2.24) is 0 Å². The van der Waals surface area contributed by atoms with Crippen LogP contribution in [0.25, 0.3) is 0 Å². The van der Waals surface area contributed by atoms with Gasteiger partial charge in [0.1, 0.15) is 18.5 Å². The highest BCUT2D eigenvalue weighted by Gasteiger charge is 2.11. The maximum absolute atomic E-state index is 10.2. The Balaban J connectivity index is 2.04. The van der Waals surface area contributed by atoms with Crippen molar-refractivity contribution in [3.8, 4) is 11.8 Å². The van der Waals surface area contributed by atoms with E-state index in [4.69, 9.17) is 10.00 Å². The Morgan fingerprint density at radius 3 is 2.38 bits per heavy atom. The number of aliphatic hydroxyl groups is 1. The fraction of sp³-hybridized carbons (Fsp3) is 0.278. The van der Waals surface area contributed by atoms with E-state index in [0.717, 1.165) is 16.9 Å². The number of nitriles is 1. The molecule has 0 amide bonds. The van der Waals surface area contributed by atoms with Gasteiger partial charge in [0.05, 0.1) is 11.6 Å². The largest absolute Gasteiger partial charge is 0.490 e. The topological polar surface area (TPSA) is 53.2 Å². The molecule has 0 aliphatic carbocycles. The van der Waals surface area contributed by atoms with Crippen molar-refractivity contribution < 1.29 is 9.84 Å². The summed E-state index contributed by atoms with van der Waals surface area (Å²) in [5, 5.41) is 18.9. The molecule has 108 valence electrons. The minimum absolute atomic E-state index is 0.190. The number of para-hydroxylation sites is 1. The number of rotatable bonds is 5. The van der Waals surface area contributed by atoms with E-state index in [1.54, 1.807) is 24.3 Å². The molecule has 0 fully saturated rings. The fourth-order valence-corrected chi connectivity index (χ4v) is 2.13. The molecule has 3 nitrogen and oxygen atoms in total. The third kappa shape index (κ3) is 3.84. The van der Waals surface area contributed by atoms with Gasteiger partial charge in [0.2, 0.25) is 0 Å². The SMILES string of the molecule is CC(C)c1ccccc1OCC(O)c1ccc(C#N)cc1. The summed E-state index contributed by atoms with van der Waals surface area (Å²) < 4.78 is 5.76. The summed E-state index contributed by atoms with van der Waals surface area (Å²) in [4.78, 5) is 0. The van der Waals surface area contributed by atoms with Gasteiger partial charge in [-0.2, -0.15) is 5.26 Å². The molecule has 0 spiro atoms. The van der Waals surface area contributed by atoms with E-state index in [0.29, 0.717) is 11.5 Å². The molecule has 1 atom stereocenters. The van der Waals surface area contributed by atoms with Gasteiger partial charge in [-0.1, -0.05) is 44.2 Å². The number of hydrogen-bond donors (Lipinski definition) is 1. The summed E-state index contributed by atoms with van der Waals surface area (Å²) in [7, 11) is 0. The molecule has 1 unspecified atom stereocenters. The maximum atomic E-state index is 10.2. The third-order valence-electron chi connectivity index (χ3n) is 3.36. The van der Waals surface area contributed by atoms with Crippen LogP contribution in [0.1, 0.15) is 42.6 Å². The highest BCUT2D eigenvalue weighted by Crippen LogP contribution is 2.27. The molecule has 0 saturated heterocycles. The molecule has 0 heterocycles. The Morgan fingerprint density at radius 1 is 1.10 bits per heavy atom. The normalized spacial score (nSPS) is 12.0. The first-order valence-electron chi connectivity index (χ1n) is 7.01. The molecule has 2 rings (SSSR count). The van der Waals surface area contributed by atoms with Gasteiger partial charge in [0.15, 0.2) is 0 Å². The van der Waals surface area contributed by atoms with E-state index in [-0.39, 0.29) is 6.61 Å². The van der Waals surface area contributed by atoms with E-state index in [1.165, 1.54) is 0 Å². The lowest BCUT2D eigenvalue weighted by Crippen LogP contribution is -2.10. The highest BCUT2D eigenvalue weighted by atomic mass is 16.5. The summed E-state index contributed by atoms with van der Waals surface area (Å²) >= 11 is 0. The van der Waals surface area contributed by atoms with Crippen LogP contribution in [0.5, 0.6) is 5.75 Å². The number of nitrogens with zero attached hydrogens (tertiary/aromatic N) is 1. The van der Waals surface area contributed by atoms with Gasteiger partial charge in [0.25, 0.3) is 0 Å². The maximum Gasteiger partial charge on any atom is 0.122 e. The quantitative estimate of drug-likeness (QED) is 0.907. The van der Waals surface area contributed by atoms with Gasteiger partial charge >= 0.3 is 0 Å². The van der Waals surface area contributed by atoms with Crippen molar-refractivity contribution in [2.75, 3.05) is 6.61 Å². The molecule has 0 aromatic heterocycles.